The molecule has 0 unspecified atom stereocenters. The van der Waals surface area contributed by atoms with Crippen molar-refractivity contribution in [2.45, 2.75) is 18.8 Å². The molecule has 2 aliphatic heterocycles. The molecule has 1 aromatic rings. The number of para-hydroxylation sites is 1. The summed E-state index contributed by atoms with van der Waals surface area (Å²) >= 11 is 0. The zero-order valence-corrected chi connectivity index (χ0v) is 11.0. The highest BCUT2D eigenvalue weighted by Gasteiger charge is 2.46. The van der Waals surface area contributed by atoms with E-state index in [9.17, 15) is 17.6 Å². The standard InChI is InChI=1S/C13H14F4N2O2/c14-12(15)10(19-6-4-18-5-7-19)8-2-1-3-9-11(8)21-13(16,17)20-9/h1-3,10,12,18H,4-7H2/t10-/m1/s1. The molecule has 0 saturated carbocycles. The van der Waals surface area contributed by atoms with E-state index in [1.165, 1.54) is 18.2 Å². The second kappa shape index (κ2) is 5.34. The van der Waals surface area contributed by atoms with Crippen LogP contribution in [0.5, 0.6) is 11.5 Å². The molecule has 1 fully saturated rings. The molecular weight excluding hydrogens is 292 g/mol. The normalized spacial score (nSPS) is 22.5. The Bertz CT molecular complexity index is 521. The van der Waals surface area contributed by atoms with E-state index in [4.69, 9.17) is 0 Å². The quantitative estimate of drug-likeness (QED) is 0.868. The average molecular weight is 306 g/mol. The molecule has 4 nitrogen and oxygen atoms in total. The van der Waals surface area contributed by atoms with E-state index in [1.807, 2.05) is 0 Å². The van der Waals surface area contributed by atoms with E-state index in [0.29, 0.717) is 26.2 Å². The number of nitrogens with one attached hydrogen (secondary N) is 1. The van der Waals surface area contributed by atoms with Gasteiger partial charge in [-0.15, -0.1) is 8.78 Å². The first-order valence-electron chi connectivity index (χ1n) is 6.59. The molecule has 0 amide bonds. The Kier molecular flexibility index (Phi) is 3.66. The molecule has 0 radical (unpaired) electrons. The molecule has 2 aliphatic rings. The number of rotatable bonds is 3. The van der Waals surface area contributed by atoms with Crippen LogP contribution >= 0.6 is 0 Å². The minimum Gasteiger partial charge on any atom is -0.395 e. The molecule has 3 rings (SSSR count). The van der Waals surface area contributed by atoms with Crippen molar-refractivity contribution in [2.24, 2.45) is 0 Å². The zero-order chi connectivity index (χ0) is 15.0. The van der Waals surface area contributed by atoms with Gasteiger partial charge in [-0.1, -0.05) is 12.1 Å². The summed E-state index contributed by atoms with van der Waals surface area (Å²) in [5.74, 6) is -0.510. The molecule has 0 spiro atoms. The third kappa shape index (κ3) is 2.77. The Balaban J connectivity index is 1.96. The Hall–Kier alpha value is -1.54. The number of piperazine rings is 1. The summed E-state index contributed by atoms with van der Waals surface area (Å²) < 4.78 is 62.0. The summed E-state index contributed by atoms with van der Waals surface area (Å²) in [7, 11) is 0. The van der Waals surface area contributed by atoms with Crippen LogP contribution < -0.4 is 14.8 Å². The third-order valence-electron chi connectivity index (χ3n) is 3.56. The summed E-state index contributed by atoms with van der Waals surface area (Å²) in [5, 5.41) is 3.06. The van der Waals surface area contributed by atoms with Gasteiger partial charge in [-0.25, -0.2) is 8.78 Å². The number of benzene rings is 1. The van der Waals surface area contributed by atoms with Crippen LogP contribution in [0, 0.1) is 0 Å². The number of ether oxygens (including phenoxy) is 2. The van der Waals surface area contributed by atoms with E-state index in [1.54, 1.807) is 4.90 Å². The fourth-order valence-electron chi connectivity index (χ4n) is 2.68. The maximum absolute atomic E-state index is 13.5. The topological polar surface area (TPSA) is 33.7 Å². The van der Waals surface area contributed by atoms with E-state index >= 15 is 0 Å². The first kappa shape index (κ1) is 14.4. The highest BCUT2D eigenvalue weighted by atomic mass is 19.3. The number of hydrogen-bond donors (Lipinski definition) is 1. The lowest BCUT2D eigenvalue weighted by molar-refractivity contribution is -0.287. The minimum absolute atomic E-state index is 0.0292. The minimum atomic E-state index is -3.81. The molecule has 2 heterocycles. The molecule has 0 bridgehead atoms. The fraction of sp³-hybridized carbons (Fsp3) is 0.538. The lowest BCUT2D eigenvalue weighted by Crippen LogP contribution is -2.47. The van der Waals surface area contributed by atoms with Crippen molar-refractivity contribution in [3.8, 4) is 11.5 Å². The van der Waals surface area contributed by atoms with Crippen LogP contribution in [0.3, 0.4) is 0 Å². The fourth-order valence-corrected chi connectivity index (χ4v) is 2.68. The molecule has 1 N–H and O–H groups in total. The second-order valence-electron chi connectivity index (χ2n) is 4.91. The zero-order valence-electron chi connectivity index (χ0n) is 11.0. The van der Waals surface area contributed by atoms with Crippen LogP contribution in [-0.4, -0.2) is 43.8 Å². The Morgan fingerprint density at radius 2 is 1.86 bits per heavy atom. The largest absolute Gasteiger partial charge is 0.586 e. The van der Waals surface area contributed by atoms with Crippen LogP contribution in [0.4, 0.5) is 17.6 Å². The molecule has 21 heavy (non-hydrogen) atoms. The summed E-state index contributed by atoms with van der Waals surface area (Å²) in [6.45, 7) is 1.98. The third-order valence-corrected chi connectivity index (χ3v) is 3.56. The van der Waals surface area contributed by atoms with Crippen LogP contribution in [0.15, 0.2) is 18.2 Å². The predicted octanol–water partition coefficient (Wildman–Crippen LogP) is 2.22. The molecule has 1 saturated heterocycles. The van der Waals surface area contributed by atoms with Crippen molar-refractivity contribution in [3.63, 3.8) is 0 Å². The summed E-state index contributed by atoms with van der Waals surface area (Å²) in [6.07, 6.45) is -6.53. The van der Waals surface area contributed by atoms with Crippen molar-refractivity contribution in [1.29, 1.82) is 0 Å². The highest BCUT2D eigenvalue weighted by Crippen LogP contribution is 2.47. The van der Waals surface area contributed by atoms with E-state index in [0.717, 1.165) is 0 Å². The first-order valence-corrected chi connectivity index (χ1v) is 6.59. The number of halogens is 4. The summed E-state index contributed by atoms with van der Waals surface area (Å²) in [4.78, 5) is 1.57. The van der Waals surface area contributed by atoms with E-state index in [-0.39, 0.29) is 17.1 Å². The van der Waals surface area contributed by atoms with Gasteiger partial charge < -0.3 is 14.8 Å². The van der Waals surface area contributed by atoms with Gasteiger partial charge in [0.25, 0.3) is 6.43 Å². The Morgan fingerprint density at radius 3 is 2.52 bits per heavy atom. The smallest absolute Gasteiger partial charge is 0.395 e. The van der Waals surface area contributed by atoms with Gasteiger partial charge in [0.15, 0.2) is 11.5 Å². The van der Waals surface area contributed by atoms with Gasteiger partial charge in [-0.3, -0.25) is 4.90 Å². The number of fused-ring (bicyclic) bond motifs is 1. The van der Waals surface area contributed by atoms with Gasteiger partial charge in [0.1, 0.15) is 6.04 Å². The maximum Gasteiger partial charge on any atom is 0.586 e. The molecule has 0 aliphatic carbocycles. The van der Waals surface area contributed by atoms with Crippen LogP contribution in [-0.2, 0) is 0 Å². The summed E-state index contributed by atoms with van der Waals surface area (Å²) in [5.41, 5.74) is 0.0292. The van der Waals surface area contributed by atoms with Gasteiger partial charge in [0, 0.05) is 31.7 Å². The van der Waals surface area contributed by atoms with Crippen molar-refractivity contribution in [3.05, 3.63) is 23.8 Å². The average Bonchev–Trinajstić information content (AvgIpc) is 2.75. The van der Waals surface area contributed by atoms with Crippen molar-refractivity contribution < 1.29 is 27.0 Å². The van der Waals surface area contributed by atoms with Gasteiger partial charge in [-0.2, -0.15) is 0 Å². The molecular formula is C13H14F4N2O2. The highest BCUT2D eigenvalue weighted by molar-refractivity contribution is 5.50. The maximum atomic E-state index is 13.5. The molecule has 8 heteroatoms. The van der Waals surface area contributed by atoms with Crippen LogP contribution in [0.25, 0.3) is 0 Å². The Morgan fingerprint density at radius 1 is 1.14 bits per heavy atom. The Labute approximate surface area is 118 Å². The number of alkyl halides is 4. The van der Waals surface area contributed by atoms with Crippen molar-refractivity contribution >= 4 is 0 Å². The van der Waals surface area contributed by atoms with E-state index in [2.05, 4.69) is 14.8 Å². The van der Waals surface area contributed by atoms with Gasteiger partial charge in [0.2, 0.25) is 0 Å². The molecule has 116 valence electrons. The van der Waals surface area contributed by atoms with Crippen LogP contribution in [0.2, 0.25) is 0 Å². The van der Waals surface area contributed by atoms with Crippen molar-refractivity contribution in [2.75, 3.05) is 26.2 Å². The number of nitrogens with zero attached hydrogens (tertiary/aromatic N) is 1. The predicted molar refractivity (Wildman–Crippen MR) is 65.8 cm³/mol. The van der Waals surface area contributed by atoms with Crippen molar-refractivity contribution in [1.82, 2.24) is 10.2 Å². The SMILES string of the molecule is FC(F)[C@@H](c1cccc2c1OC(F)(F)O2)N1CCNCC1. The van der Waals surface area contributed by atoms with Gasteiger partial charge in [-0.05, 0) is 6.07 Å². The molecule has 1 aromatic carbocycles. The first-order chi connectivity index (χ1) is 9.98. The van der Waals surface area contributed by atoms with Crippen LogP contribution in [0.1, 0.15) is 11.6 Å². The molecule has 1 atom stereocenters. The monoisotopic (exact) mass is 306 g/mol. The lowest BCUT2D eigenvalue weighted by Gasteiger charge is -2.34. The van der Waals surface area contributed by atoms with Gasteiger partial charge >= 0.3 is 6.29 Å². The van der Waals surface area contributed by atoms with E-state index < -0.39 is 18.8 Å². The van der Waals surface area contributed by atoms with Gasteiger partial charge in [0.05, 0.1) is 0 Å². The molecule has 0 aromatic heterocycles. The second-order valence-corrected chi connectivity index (χ2v) is 4.91. The number of hydrogen-bond acceptors (Lipinski definition) is 4. The lowest BCUT2D eigenvalue weighted by atomic mass is 10.0. The summed E-state index contributed by atoms with van der Waals surface area (Å²) in [6, 6.07) is 2.78.